The van der Waals surface area contributed by atoms with Crippen molar-refractivity contribution in [2.75, 3.05) is 18.5 Å². The Bertz CT molecular complexity index is 1170. The first-order chi connectivity index (χ1) is 16.1. The van der Waals surface area contributed by atoms with E-state index in [1.807, 2.05) is 24.3 Å². The number of thiophene rings is 1. The van der Waals surface area contributed by atoms with Crippen molar-refractivity contribution in [3.05, 3.63) is 76.2 Å². The lowest BCUT2D eigenvalue weighted by atomic mass is 10.0. The number of fused-ring (bicyclic) bond motifs is 1. The van der Waals surface area contributed by atoms with Gasteiger partial charge in [-0.3, -0.25) is 14.8 Å². The number of nitriles is 1. The quantitative estimate of drug-likeness (QED) is 0.597. The first kappa shape index (κ1) is 22.4. The van der Waals surface area contributed by atoms with Crippen LogP contribution in [0.4, 0.5) is 9.80 Å². The topological polar surface area (TPSA) is 108 Å². The molecule has 0 bridgehead atoms. The molecule has 1 atom stereocenters. The molecule has 3 aromatic rings. The minimum absolute atomic E-state index is 0.205. The van der Waals surface area contributed by atoms with Gasteiger partial charge in [-0.1, -0.05) is 12.1 Å². The van der Waals surface area contributed by atoms with Crippen LogP contribution >= 0.6 is 11.3 Å². The first-order valence-electron chi connectivity index (χ1n) is 10.6. The van der Waals surface area contributed by atoms with Gasteiger partial charge in [0.25, 0.3) is 0 Å². The molecule has 33 heavy (non-hydrogen) atoms. The molecule has 1 N–H and O–H groups in total. The number of aromatic nitrogens is 2. The maximum absolute atomic E-state index is 12.8. The molecule has 0 radical (unpaired) electrons. The number of anilines is 1. The number of carbonyl (C=O) groups excluding carboxylic acids is 2. The highest BCUT2D eigenvalue weighted by atomic mass is 32.1. The summed E-state index contributed by atoms with van der Waals surface area (Å²) in [4.78, 5) is 36.1. The molecular formula is C24H23N5O3S. The molecular weight excluding hydrogens is 438 g/mol. The van der Waals surface area contributed by atoms with E-state index >= 15 is 0 Å². The number of nitrogens with one attached hydrogen (secondary N) is 1. The van der Waals surface area contributed by atoms with Crippen LogP contribution in [0.5, 0.6) is 0 Å². The summed E-state index contributed by atoms with van der Waals surface area (Å²) in [6.07, 6.45) is 5.73. The third-order valence-corrected chi connectivity index (χ3v) is 6.68. The number of pyridine rings is 2. The van der Waals surface area contributed by atoms with E-state index in [0.29, 0.717) is 36.5 Å². The molecule has 168 valence electrons. The average Bonchev–Trinajstić information content (AvgIpc) is 3.20. The van der Waals surface area contributed by atoms with Gasteiger partial charge in [-0.25, -0.2) is 4.79 Å². The van der Waals surface area contributed by atoms with Gasteiger partial charge >= 0.3 is 6.09 Å². The largest absolute Gasteiger partial charge is 0.449 e. The van der Waals surface area contributed by atoms with Crippen LogP contribution in [0.1, 0.15) is 40.1 Å². The Balaban J connectivity index is 1.39. The monoisotopic (exact) mass is 461 g/mol. The summed E-state index contributed by atoms with van der Waals surface area (Å²) in [7, 11) is 0. The summed E-state index contributed by atoms with van der Waals surface area (Å²) in [5, 5.41) is 13.1. The van der Waals surface area contributed by atoms with E-state index in [1.165, 1.54) is 11.3 Å². The number of nitrogens with zero attached hydrogens (tertiary/aromatic N) is 4. The van der Waals surface area contributed by atoms with E-state index in [0.717, 1.165) is 21.7 Å². The van der Waals surface area contributed by atoms with Gasteiger partial charge in [0.05, 0.1) is 24.6 Å². The molecule has 0 aromatic carbocycles. The van der Waals surface area contributed by atoms with Crippen LogP contribution in [0.2, 0.25) is 0 Å². The van der Waals surface area contributed by atoms with Crippen molar-refractivity contribution < 1.29 is 14.3 Å². The van der Waals surface area contributed by atoms with Crippen LogP contribution in [0.3, 0.4) is 0 Å². The molecule has 1 aliphatic heterocycles. The van der Waals surface area contributed by atoms with Crippen molar-refractivity contribution in [3.8, 4) is 6.07 Å². The lowest BCUT2D eigenvalue weighted by Gasteiger charge is -2.26. The molecule has 3 aromatic heterocycles. The highest BCUT2D eigenvalue weighted by Gasteiger charge is 2.29. The number of ether oxygens (including phenoxy) is 1. The standard InChI is InChI=1S/C24H23N5O3S/c1-16(17-5-4-9-26-14-17)22(30)28-23-20(13-25)19-7-11-29(15-21(19)33-23)24(31)32-12-8-18-6-2-3-10-27-18/h2-6,9-10,14,16H,7-8,11-12,15H2,1H3,(H,28,30). The van der Waals surface area contributed by atoms with Gasteiger partial charge in [0.2, 0.25) is 5.91 Å². The van der Waals surface area contributed by atoms with Crippen molar-refractivity contribution in [2.24, 2.45) is 0 Å². The zero-order valence-electron chi connectivity index (χ0n) is 18.2. The SMILES string of the molecule is CC(C(=O)Nc1sc2c(c1C#N)CCN(C(=O)OCCc1ccccn1)C2)c1cccnc1. The lowest BCUT2D eigenvalue weighted by molar-refractivity contribution is -0.117. The van der Waals surface area contributed by atoms with E-state index in [2.05, 4.69) is 21.4 Å². The minimum atomic E-state index is -0.407. The predicted octanol–water partition coefficient (Wildman–Crippen LogP) is 3.89. The van der Waals surface area contributed by atoms with Gasteiger partial charge in [-0.15, -0.1) is 11.3 Å². The highest BCUT2D eigenvalue weighted by Crippen LogP contribution is 2.37. The van der Waals surface area contributed by atoms with Crippen LogP contribution in [0.25, 0.3) is 0 Å². The number of rotatable bonds is 6. The van der Waals surface area contributed by atoms with Gasteiger partial charge in [0.1, 0.15) is 11.1 Å². The third-order valence-electron chi connectivity index (χ3n) is 5.55. The summed E-state index contributed by atoms with van der Waals surface area (Å²) in [5.41, 5.74) is 3.03. The highest BCUT2D eigenvalue weighted by molar-refractivity contribution is 7.16. The van der Waals surface area contributed by atoms with Crippen molar-refractivity contribution in [1.82, 2.24) is 14.9 Å². The Morgan fingerprint density at radius 1 is 1.30 bits per heavy atom. The second-order valence-corrected chi connectivity index (χ2v) is 8.78. The fourth-order valence-corrected chi connectivity index (χ4v) is 4.87. The maximum Gasteiger partial charge on any atom is 0.410 e. The van der Waals surface area contributed by atoms with Crippen molar-refractivity contribution in [2.45, 2.75) is 32.2 Å². The molecule has 2 amide bonds. The zero-order chi connectivity index (χ0) is 23.2. The molecule has 0 spiro atoms. The number of hydrogen-bond acceptors (Lipinski definition) is 7. The molecule has 8 nitrogen and oxygen atoms in total. The molecule has 9 heteroatoms. The van der Waals surface area contributed by atoms with Crippen LogP contribution in [0, 0.1) is 11.3 Å². The average molecular weight is 462 g/mol. The number of amides is 2. The predicted molar refractivity (Wildman–Crippen MR) is 124 cm³/mol. The number of carbonyl (C=O) groups is 2. The molecule has 0 aliphatic carbocycles. The summed E-state index contributed by atoms with van der Waals surface area (Å²) in [5.74, 6) is -0.612. The molecule has 4 rings (SSSR count). The van der Waals surface area contributed by atoms with Gasteiger partial charge in [0.15, 0.2) is 0 Å². The molecule has 1 aliphatic rings. The zero-order valence-corrected chi connectivity index (χ0v) is 19.0. The minimum Gasteiger partial charge on any atom is -0.449 e. The van der Waals surface area contributed by atoms with Crippen LogP contribution in [-0.4, -0.2) is 40.0 Å². The van der Waals surface area contributed by atoms with Crippen LogP contribution in [0.15, 0.2) is 48.9 Å². The van der Waals surface area contributed by atoms with E-state index in [4.69, 9.17) is 4.74 Å². The Labute approximate surface area is 195 Å². The second-order valence-electron chi connectivity index (χ2n) is 7.67. The molecule has 0 saturated heterocycles. The summed E-state index contributed by atoms with van der Waals surface area (Å²) < 4.78 is 5.42. The Kier molecular flexibility index (Phi) is 6.95. The Hall–Kier alpha value is -3.77. The summed E-state index contributed by atoms with van der Waals surface area (Å²) in [6, 6.07) is 11.5. The van der Waals surface area contributed by atoms with Crippen molar-refractivity contribution >= 4 is 28.3 Å². The van der Waals surface area contributed by atoms with Crippen LogP contribution in [-0.2, 0) is 28.9 Å². The Morgan fingerprint density at radius 2 is 2.18 bits per heavy atom. The third kappa shape index (κ3) is 5.18. The first-order valence-corrected chi connectivity index (χ1v) is 11.5. The van der Waals surface area contributed by atoms with E-state index in [9.17, 15) is 14.9 Å². The smallest absolute Gasteiger partial charge is 0.410 e. The van der Waals surface area contributed by atoms with E-state index in [1.54, 1.807) is 36.5 Å². The summed E-state index contributed by atoms with van der Waals surface area (Å²) >= 11 is 1.34. The lowest BCUT2D eigenvalue weighted by Crippen LogP contribution is -2.36. The molecule has 0 fully saturated rings. The van der Waals surface area contributed by atoms with E-state index < -0.39 is 5.92 Å². The molecule has 0 saturated carbocycles. The fourth-order valence-electron chi connectivity index (χ4n) is 3.65. The normalized spacial score (nSPS) is 13.5. The molecule has 4 heterocycles. The van der Waals surface area contributed by atoms with Crippen molar-refractivity contribution in [1.29, 1.82) is 5.26 Å². The second kappa shape index (κ2) is 10.2. The van der Waals surface area contributed by atoms with E-state index in [-0.39, 0.29) is 18.6 Å². The number of hydrogen-bond donors (Lipinski definition) is 1. The van der Waals surface area contributed by atoms with Crippen molar-refractivity contribution in [3.63, 3.8) is 0 Å². The Morgan fingerprint density at radius 3 is 2.91 bits per heavy atom. The maximum atomic E-state index is 12.8. The van der Waals surface area contributed by atoms with Gasteiger partial charge in [-0.2, -0.15) is 5.26 Å². The molecule has 1 unspecified atom stereocenters. The fraction of sp³-hybridized carbons (Fsp3) is 0.292. The van der Waals surface area contributed by atoms with Crippen LogP contribution < -0.4 is 5.32 Å². The van der Waals surface area contributed by atoms with Gasteiger partial charge < -0.3 is 15.0 Å². The van der Waals surface area contributed by atoms with Gasteiger partial charge in [-0.05, 0) is 42.7 Å². The van der Waals surface area contributed by atoms with Gasteiger partial charge in [0, 0.05) is 42.1 Å². The summed E-state index contributed by atoms with van der Waals surface area (Å²) in [6.45, 7) is 2.86.